The number of carbonyl (C=O) groups excluding carboxylic acids is 2. The van der Waals surface area contributed by atoms with Crippen LogP contribution in [0.1, 0.15) is 46.7 Å². The normalized spacial score (nSPS) is 14.1. The topological polar surface area (TPSA) is 131 Å². The third-order valence-electron chi connectivity index (χ3n) is 6.42. The lowest BCUT2D eigenvalue weighted by Gasteiger charge is -2.26. The lowest BCUT2D eigenvalue weighted by Crippen LogP contribution is -2.31. The number of likely N-dealkylation sites (tertiary alicyclic amines) is 1. The van der Waals surface area contributed by atoms with Crippen LogP contribution < -0.4 is 15.8 Å². The first-order valence-corrected chi connectivity index (χ1v) is 13.1. The van der Waals surface area contributed by atoms with Gasteiger partial charge >= 0.3 is 0 Å². The van der Waals surface area contributed by atoms with Gasteiger partial charge < -0.3 is 20.4 Å². The molecule has 198 valence electrons. The molecule has 4 N–H and O–H groups in total. The van der Waals surface area contributed by atoms with Crippen molar-refractivity contribution in [1.82, 2.24) is 24.4 Å². The van der Waals surface area contributed by atoms with E-state index in [0.29, 0.717) is 29.1 Å². The second-order valence-corrected chi connectivity index (χ2v) is 9.88. The average Bonchev–Trinajstić information content (AvgIpc) is 3.51. The van der Waals surface area contributed by atoms with Gasteiger partial charge in [-0.1, -0.05) is 35.7 Å². The Morgan fingerprint density at radius 1 is 1.11 bits per heavy atom. The highest BCUT2D eigenvalue weighted by Crippen LogP contribution is 2.30. The minimum absolute atomic E-state index is 0.120. The molecular weight excluding hydrogens is 529 g/mol. The molecule has 0 spiro atoms. The van der Waals surface area contributed by atoms with Gasteiger partial charge in [0, 0.05) is 12.6 Å². The number of rotatable bonds is 9. The number of aromatic amines is 1. The summed E-state index contributed by atoms with van der Waals surface area (Å²) in [5, 5.41) is 3.22. The SMILES string of the molecule is NC(=O)c1ncn(-c2c(Cl)cccc2Cl)c1C(=O)Nc1nc2cc(OCCCN3CCCCC3)ccc2[nH]1. The van der Waals surface area contributed by atoms with Gasteiger partial charge in [0.1, 0.15) is 17.8 Å². The van der Waals surface area contributed by atoms with Crippen LogP contribution in [0.4, 0.5) is 5.95 Å². The lowest BCUT2D eigenvalue weighted by molar-refractivity contribution is 0.0970. The van der Waals surface area contributed by atoms with Crippen molar-refractivity contribution >= 4 is 52.0 Å². The van der Waals surface area contributed by atoms with Crippen LogP contribution in [-0.2, 0) is 0 Å². The van der Waals surface area contributed by atoms with Gasteiger partial charge in [-0.25, -0.2) is 9.97 Å². The molecule has 1 aliphatic heterocycles. The highest BCUT2D eigenvalue weighted by molar-refractivity contribution is 6.37. The number of anilines is 1. The maximum absolute atomic E-state index is 13.3. The first-order chi connectivity index (χ1) is 18.4. The van der Waals surface area contributed by atoms with Gasteiger partial charge in [0.05, 0.1) is 33.4 Å². The molecule has 1 saturated heterocycles. The number of H-pyrrole nitrogens is 1. The largest absolute Gasteiger partial charge is 0.493 e. The van der Waals surface area contributed by atoms with Crippen molar-refractivity contribution in [3.8, 4) is 11.4 Å². The Morgan fingerprint density at radius 2 is 1.87 bits per heavy atom. The van der Waals surface area contributed by atoms with Gasteiger partial charge in [-0.05, 0) is 56.6 Å². The summed E-state index contributed by atoms with van der Waals surface area (Å²) >= 11 is 12.7. The summed E-state index contributed by atoms with van der Waals surface area (Å²) in [6.45, 7) is 3.98. The van der Waals surface area contributed by atoms with Crippen LogP contribution in [0.5, 0.6) is 5.75 Å². The molecule has 2 aromatic heterocycles. The Balaban J connectivity index is 1.31. The van der Waals surface area contributed by atoms with E-state index in [2.05, 4.69) is 25.2 Å². The Bertz CT molecular complexity index is 1460. The number of amides is 2. The molecule has 4 aromatic rings. The Labute approximate surface area is 229 Å². The number of aromatic nitrogens is 4. The summed E-state index contributed by atoms with van der Waals surface area (Å²) < 4.78 is 7.26. The maximum Gasteiger partial charge on any atom is 0.277 e. The molecule has 10 nitrogen and oxygen atoms in total. The summed E-state index contributed by atoms with van der Waals surface area (Å²) in [5.41, 5.74) is 6.76. The summed E-state index contributed by atoms with van der Waals surface area (Å²) in [6, 6.07) is 10.4. The first kappa shape index (κ1) is 26.0. The number of ether oxygens (including phenoxy) is 1. The number of imidazole rings is 2. The number of nitrogens with zero attached hydrogens (tertiary/aromatic N) is 4. The Morgan fingerprint density at radius 3 is 2.61 bits per heavy atom. The van der Waals surface area contributed by atoms with Crippen molar-refractivity contribution in [3.63, 3.8) is 0 Å². The fourth-order valence-electron chi connectivity index (χ4n) is 4.60. The molecule has 1 fully saturated rings. The van der Waals surface area contributed by atoms with Crippen LogP contribution in [0.3, 0.4) is 0 Å². The summed E-state index contributed by atoms with van der Waals surface area (Å²) in [7, 11) is 0. The van der Waals surface area contributed by atoms with E-state index in [4.69, 9.17) is 33.7 Å². The van der Waals surface area contributed by atoms with Crippen molar-refractivity contribution in [3.05, 3.63) is 64.2 Å². The molecule has 3 heterocycles. The van der Waals surface area contributed by atoms with Crippen molar-refractivity contribution < 1.29 is 14.3 Å². The molecule has 0 aliphatic carbocycles. The molecule has 1 aliphatic rings. The second-order valence-electron chi connectivity index (χ2n) is 9.07. The van der Waals surface area contributed by atoms with Crippen LogP contribution in [0.2, 0.25) is 10.0 Å². The van der Waals surface area contributed by atoms with Gasteiger partial charge in [-0.15, -0.1) is 0 Å². The number of hydrogen-bond donors (Lipinski definition) is 3. The van der Waals surface area contributed by atoms with E-state index in [0.717, 1.165) is 13.0 Å². The van der Waals surface area contributed by atoms with Gasteiger partial charge in [0.2, 0.25) is 5.95 Å². The Hall–Kier alpha value is -3.60. The molecular formula is C26H27Cl2N7O3. The van der Waals surface area contributed by atoms with Crippen molar-refractivity contribution in [2.75, 3.05) is 31.6 Å². The van der Waals surface area contributed by atoms with Crippen LogP contribution in [0, 0.1) is 0 Å². The third-order valence-corrected chi connectivity index (χ3v) is 7.03. The van der Waals surface area contributed by atoms with E-state index in [1.54, 1.807) is 18.2 Å². The number of benzene rings is 2. The number of halogens is 2. The number of fused-ring (bicyclic) bond motifs is 1. The van der Waals surface area contributed by atoms with E-state index in [-0.39, 0.29) is 27.4 Å². The second kappa shape index (κ2) is 11.4. The minimum Gasteiger partial charge on any atom is -0.493 e. The molecule has 0 radical (unpaired) electrons. The minimum atomic E-state index is -0.872. The highest BCUT2D eigenvalue weighted by atomic mass is 35.5. The molecule has 0 atom stereocenters. The lowest BCUT2D eigenvalue weighted by atomic mass is 10.1. The number of carbonyl (C=O) groups is 2. The van der Waals surface area contributed by atoms with Crippen LogP contribution in [0.15, 0.2) is 42.7 Å². The predicted octanol–water partition coefficient (Wildman–Crippen LogP) is 4.66. The van der Waals surface area contributed by atoms with E-state index in [1.807, 2.05) is 18.2 Å². The fraction of sp³-hybridized carbons (Fsp3) is 0.308. The van der Waals surface area contributed by atoms with Crippen molar-refractivity contribution in [2.45, 2.75) is 25.7 Å². The number of hydrogen-bond acceptors (Lipinski definition) is 6. The van der Waals surface area contributed by atoms with E-state index in [9.17, 15) is 9.59 Å². The molecule has 38 heavy (non-hydrogen) atoms. The number of primary amides is 1. The molecule has 0 saturated carbocycles. The zero-order valence-electron chi connectivity index (χ0n) is 20.5. The number of nitrogens with two attached hydrogens (primary N) is 1. The zero-order chi connectivity index (χ0) is 26.6. The third kappa shape index (κ3) is 5.62. The fourth-order valence-corrected chi connectivity index (χ4v) is 5.18. The van der Waals surface area contributed by atoms with E-state index in [1.165, 1.54) is 43.2 Å². The zero-order valence-corrected chi connectivity index (χ0v) is 22.1. The predicted molar refractivity (Wildman–Crippen MR) is 147 cm³/mol. The van der Waals surface area contributed by atoms with Crippen LogP contribution in [0.25, 0.3) is 16.7 Å². The monoisotopic (exact) mass is 555 g/mol. The van der Waals surface area contributed by atoms with Gasteiger partial charge in [0.25, 0.3) is 11.8 Å². The molecule has 2 amide bonds. The summed E-state index contributed by atoms with van der Waals surface area (Å²) in [5.74, 6) is -0.659. The van der Waals surface area contributed by atoms with E-state index >= 15 is 0 Å². The number of piperidine rings is 1. The smallest absolute Gasteiger partial charge is 0.277 e. The highest BCUT2D eigenvalue weighted by Gasteiger charge is 2.26. The standard InChI is InChI=1S/C26H27Cl2N7O3/c27-17-6-4-7-18(28)22(17)35-15-30-21(24(29)36)23(35)25(37)33-26-31-19-9-8-16(14-20(19)32-26)38-13-5-12-34-10-2-1-3-11-34/h4,6-9,14-15H,1-3,5,10-13H2,(H2,29,36)(H2,31,32,33,37). The summed E-state index contributed by atoms with van der Waals surface area (Å²) in [4.78, 5) is 39.4. The first-order valence-electron chi connectivity index (χ1n) is 12.4. The van der Waals surface area contributed by atoms with Gasteiger partial charge in [-0.3, -0.25) is 19.5 Å². The van der Waals surface area contributed by atoms with Crippen LogP contribution in [-0.4, -0.2) is 62.5 Å². The molecule has 0 unspecified atom stereocenters. The average molecular weight is 556 g/mol. The van der Waals surface area contributed by atoms with E-state index < -0.39 is 11.8 Å². The number of para-hydroxylation sites is 1. The van der Waals surface area contributed by atoms with Crippen LogP contribution >= 0.6 is 23.2 Å². The Kier molecular flexibility index (Phi) is 7.82. The van der Waals surface area contributed by atoms with Crippen molar-refractivity contribution in [2.24, 2.45) is 5.73 Å². The van der Waals surface area contributed by atoms with Gasteiger partial charge in [-0.2, -0.15) is 0 Å². The van der Waals surface area contributed by atoms with Gasteiger partial charge in [0.15, 0.2) is 5.69 Å². The maximum atomic E-state index is 13.3. The quantitative estimate of drug-likeness (QED) is 0.257. The molecule has 5 rings (SSSR count). The number of nitrogens with one attached hydrogen (secondary N) is 2. The summed E-state index contributed by atoms with van der Waals surface area (Å²) in [6.07, 6.45) is 6.09. The van der Waals surface area contributed by atoms with Crippen molar-refractivity contribution in [1.29, 1.82) is 0 Å². The molecule has 0 bridgehead atoms. The molecule has 12 heteroatoms. The molecule has 2 aromatic carbocycles.